The average molecular weight is 332 g/mol. The number of hydrogen-bond acceptors (Lipinski definition) is 3. The van der Waals surface area contributed by atoms with E-state index in [2.05, 4.69) is 5.32 Å². The Morgan fingerprint density at radius 3 is 2.57 bits per heavy atom. The summed E-state index contributed by atoms with van der Waals surface area (Å²) in [6.07, 6.45) is 1.40. The number of halogens is 1. The minimum Gasteiger partial charge on any atom is -0.489 e. The van der Waals surface area contributed by atoms with Crippen molar-refractivity contribution in [1.29, 1.82) is 0 Å². The lowest BCUT2D eigenvalue weighted by atomic mass is 10.2. The van der Waals surface area contributed by atoms with Crippen LogP contribution in [0.4, 0.5) is 5.69 Å². The molecule has 23 heavy (non-hydrogen) atoms. The molecule has 1 atom stereocenters. The molecule has 1 aliphatic rings. The third-order valence-corrected chi connectivity index (χ3v) is 3.91. The monoisotopic (exact) mass is 331 g/mol. The highest BCUT2D eigenvalue weighted by atomic mass is 35.5. The number of amides is 1. The highest BCUT2D eigenvalue weighted by molar-refractivity contribution is 6.30. The number of nitrogens with one attached hydrogen (secondary N) is 1. The summed E-state index contributed by atoms with van der Waals surface area (Å²) in [6.45, 7) is 1.13. The maximum Gasteiger partial charge on any atom is 0.253 e. The molecule has 4 nitrogen and oxygen atoms in total. The van der Waals surface area contributed by atoms with E-state index in [0.29, 0.717) is 18.2 Å². The van der Waals surface area contributed by atoms with E-state index in [0.717, 1.165) is 29.8 Å². The molecular formula is C18H18ClNO3. The average Bonchev–Trinajstić information content (AvgIpc) is 3.10. The van der Waals surface area contributed by atoms with Gasteiger partial charge in [-0.05, 0) is 54.8 Å². The van der Waals surface area contributed by atoms with Gasteiger partial charge in [0, 0.05) is 17.3 Å². The fourth-order valence-corrected chi connectivity index (χ4v) is 2.51. The Hall–Kier alpha value is -2.04. The molecular weight excluding hydrogens is 314 g/mol. The zero-order valence-corrected chi connectivity index (χ0v) is 13.4. The van der Waals surface area contributed by atoms with Crippen molar-refractivity contribution < 1.29 is 14.3 Å². The Morgan fingerprint density at radius 1 is 1.17 bits per heavy atom. The van der Waals surface area contributed by atoms with Gasteiger partial charge in [0.15, 0.2) is 0 Å². The van der Waals surface area contributed by atoms with Gasteiger partial charge in [-0.2, -0.15) is 0 Å². The van der Waals surface area contributed by atoms with E-state index in [-0.39, 0.29) is 12.0 Å². The molecule has 1 heterocycles. The molecule has 0 aliphatic carbocycles. The normalized spacial score (nSPS) is 17.0. The first-order valence-electron chi connectivity index (χ1n) is 7.60. The molecule has 0 aromatic heterocycles. The first-order chi connectivity index (χ1) is 11.2. The van der Waals surface area contributed by atoms with Crippen LogP contribution in [0.25, 0.3) is 0 Å². The van der Waals surface area contributed by atoms with Gasteiger partial charge in [0.25, 0.3) is 5.91 Å². The molecule has 1 aliphatic heterocycles. The van der Waals surface area contributed by atoms with Crippen molar-refractivity contribution in [1.82, 2.24) is 0 Å². The van der Waals surface area contributed by atoms with Crippen molar-refractivity contribution in [3.63, 3.8) is 0 Å². The summed E-state index contributed by atoms with van der Waals surface area (Å²) < 4.78 is 11.1. The van der Waals surface area contributed by atoms with Crippen LogP contribution < -0.4 is 10.1 Å². The van der Waals surface area contributed by atoms with Gasteiger partial charge >= 0.3 is 0 Å². The highest BCUT2D eigenvalue weighted by Crippen LogP contribution is 2.19. The largest absolute Gasteiger partial charge is 0.489 e. The van der Waals surface area contributed by atoms with Crippen molar-refractivity contribution in [2.75, 3.05) is 11.9 Å². The van der Waals surface area contributed by atoms with E-state index < -0.39 is 0 Å². The molecule has 1 fully saturated rings. The van der Waals surface area contributed by atoms with E-state index in [9.17, 15) is 4.79 Å². The summed E-state index contributed by atoms with van der Waals surface area (Å²) >= 11 is 5.85. The van der Waals surface area contributed by atoms with Crippen LogP contribution in [0.3, 0.4) is 0 Å². The van der Waals surface area contributed by atoms with Gasteiger partial charge in [-0.15, -0.1) is 0 Å². The van der Waals surface area contributed by atoms with Crippen molar-refractivity contribution in [2.24, 2.45) is 0 Å². The third-order valence-electron chi connectivity index (χ3n) is 3.66. The van der Waals surface area contributed by atoms with Crippen LogP contribution in [0.1, 0.15) is 18.4 Å². The number of benzene rings is 2. The van der Waals surface area contributed by atoms with Crippen LogP contribution in [0, 0.1) is 0 Å². The number of hydrogen-bond donors (Lipinski definition) is 1. The third kappa shape index (κ3) is 4.47. The van der Waals surface area contributed by atoms with E-state index >= 15 is 0 Å². The molecule has 120 valence electrons. The Kier molecular flexibility index (Phi) is 5.16. The second kappa shape index (κ2) is 7.49. The molecule has 5 heteroatoms. The lowest BCUT2D eigenvalue weighted by Crippen LogP contribution is -2.26. The van der Waals surface area contributed by atoms with Crippen LogP contribution in [0.2, 0.25) is 5.02 Å². The molecule has 2 aromatic rings. The molecule has 1 unspecified atom stereocenters. The maximum absolute atomic E-state index is 12.0. The summed E-state index contributed by atoms with van der Waals surface area (Å²) in [7, 11) is 0. The molecule has 0 radical (unpaired) electrons. The fourth-order valence-electron chi connectivity index (χ4n) is 2.39. The molecule has 1 N–H and O–H groups in total. The first-order valence-corrected chi connectivity index (χ1v) is 7.98. The van der Waals surface area contributed by atoms with Gasteiger partial charge in [0.05, 0.1) is 0 Å². The van der Waals surface area contributed by atoms with Gasteiger partial charge in [-0.1, -0.05) is 23.7 Å². The predicted molar refractivity (Wildman–Crippen MR) is 89.8 cm³/mol. The number of carbonyl (C=O) groups is 1. The quantitative estimate of drug-likeness (QED) is 0.899. The molecule has 0 saturated carbocycles. The molecule has 1 amide bonds. The minimum atomic E-state index is -0.323. The van der Waals surface area contributed by atoms with Crippen molar-refractivity contribution in [3.8, 4) is 5.75 Å². The van der Waals surface area contributed by atoms with Crippen LogP contribution >= 0.6 is 11.6 Å². The number of ether oxygens (including phenoxy) is 2. The Balaban J connectivity index is 1.52. The van der Waals surface area contributed by atoms with Crippen LogP contribution in [0.15, 0.2) is 48.5 Å². The highest BCUT2D eigenvalue weighted by Gasteiger charge is 2.23. The maximum atomic E-state index is 12.0. The second-order valence-corrected chi connectivity index (χ2v) is 5.87. The first kappa shape index (κ1) is 15.8. The zero-order chi connectivity index (χ0) is 16.1. The van der Waals surface area contributed by atoms with Crippen LogP contribution in [-0.4, -0.2) is 18.6 Å². The van der Waals surface area contributed by atoms with Gasteiger partial charge in [0.1, 0.15) is 18.5 Å². The van der Waals surface area contributed by atoms with Gasteiger partial charge < -0.3 is 14.8 Å². The van der Waals surface area contributed by atoms with Crippen molar-refractivity contribution >= 4 is 23.2 Å². The molecule has 2 aromatic carbocycles. The Labute approximate surface area is 140 Å². The number of rotatable bonds is 5. The van der Waals surface area contributed by atoms with Gasteiger partial charge in [-0.25, -0.2) is 0 Å². The fraction of sp³-hybridized carbons (Fsp3) is 0.278. The Bertz CT molecular complexity index is 649. The van der Waals surface area contributed by atoms with Gasteiger partial charge in [0.2, 0.25) is 0 Å². The zero-order valence-electron chi connectivity index (χ0n) is 12.6. The number of carbonyl (C=O) groups excluding carboxylic acids is 1. The van der Waals surface area contributed by atoms with Crippen molar-refractivity contribution in [3.05, 3.63) is 59.1 Å². The molecule has 0 spiro atoms. The summed E-state index contributed by atoms with van der Waals surface area (Å²) in [4.78, 5) is 12.0. The topological polar surface area (TPSA) is 47.6 Å². The van der Waals surface area contributed by atoms with Crippen LogP contribution in [-0.2, 0) is 16.1 Å². The summed E-state index contributed by atoms with van der Waals surface area (Å²) in [5.41, 5.74) is 1.79. The van der Waals surface area contributed by atoms with E-state index in [1.165, 1.54) is 0 Å². The minimum absolute atomic E-state index is 0.0858. The van der Waals surface area contributed by atoms with Crippen molar-refractivity contribution in [2.45, 2.75) is 25.6 Å². The summed E-state index contributed by atoms with van der Waals surface area (Å²) in [5.74, 6) is 0.660. The SMILES string of the molecule is O=C(Nc1ccc(OCc2ccc(Cl)cc2)cc1)C1CCCO1. The van der Waals surface area contributed by atoms with Crippen LogP contribution in [0.5, 0.6) is 5.75 Å². The van der Waals surface area contributed by atoms with E-state index in [1.807, 2.05) is 48.5 Å². The second-order valence-electron chi connectivity index (χ2n) is 5.43. The van der Waals surface area contributed by atoms with Gasteiger partial charge in [-0.3, -0.25) is 4.79 Å². The summed E-state index contributed by atoms with van der Waals surface area (Å²) in [5, 5.41) is 3.57. The Morgan fingerprint density at radius 2 is 1.91 bits per heavy atom. The predicted octanol–water partition coefficient (Wildman–Crippen LogP) is 4.04. The molecule has 1 saturated heterocycles. The number of anilines is 1. The lowest BCUT2D eigenvalue weighted by Gasteiger charge is -2.11. The standard InChI is InChI=1S/C18H18ClNO3/c19-14-5-3-13(4-6-14)12-23-16-9-7-15(8-10-16)20-18(21)17-2-1-11-22-17/h3-10,17H,1-2,11-12H2,(H,20,21). The van der Waals surface area contributed by atoms with E-state index in [4.69, 9.17) is 21.1 Å². The van der Waals surface area contributed by atoms with E-state index in [1.54, 1.807) is 0 Å². The lowest BCUT2D eigenvalue weighted by molar-refractivity contribution is -0.124. The summed E-state index contributed by atoms with van der Waals surface area (Å²) in [6, 6.07) is 14.8. The molecule has 3 rings (SSSR count). The molecule has 0 bridgehead atoms. The smallest absolute Gasteiger partial charge is 0.253 e.